The Labute approximate surface area is 119 Å². The van der Waals surface area contributed by atoms with Crippen molar-refractivity contribution in [2.45, 2.75) is 6.92 Å². The SMILES string of the molecule is COC(=O)c1ccnc(Nc2cc(Br)ccc2C)c1. The van der Waals surface area contributed by atoms with Gasteiger partial charge in [0.05, 0.1) is 12.7 Å². The first-order valence-electron chi connectivity index (χ1n) is 5.67. The third kappa shape index (κ3) is 3.32. The average Bonchev–Trinajstić information content (AvgIpc) is 2.42. The van der Waals surface area contributed by atoms with E-state index in [0.717, 1.165) is 15.7 Å². The number of halogens is 1. The summed E-state index contributed by atoms with van der Waals surface area (Å²) in [7, 11) is 1.36. The van der Waals surface area contributed by atoms with E-state index in [9.17, 15) is 4.79 Å². The van der Waals surface area contributed by atoms with Gasteiger partial charge in [-0.05, 0) is 36.8 Å². The van der Waals surface area contributed by atoms with Crippen molar-refractivity contribution < 1.29 is 9.53 Å². The van der Waals surface area contributed by atoms with E-state index in [4.69, 9.17) is 0 Å². The molecule has 0 unspecified atom stereocenters. The Morgan fingerprint density at radius 3 is 2.84 bits per heavy atom. The third-order valence-electron chi connectivity index (χ3n) is 2.64. The molecule has 0 atom stereocenters. The molecule has 0 radical (unpaired) electrons. The van der Waals surface area contributed by atoms with Crippen molar-refractivity contribution in [3.63, 3.8) is 0 Å². The molecule has 0 saturated carbocycles. The Hall–Kier alpha value is -1.88. The summed E-state index contributed by atoms with van der Waals surface area (Å²) < 4.78 is 5.66. The van der Waals surface area contributed by atoms with Gasteiger partial charge >= 0.3 is 5.97 Å². The molecule has 0 fully saturated rings. The summed E-state index contributed by atoms with van der Waals surface area (Å²) in [6.45, 7) is 2.00. The van der Waals surface area contributed by atoms with Crippen LogP contribution in [0.3, 0.4) is 0 Å². The summed E-state index contributed by atoms with van der Waals surface area (Å²) >= 11 is 3.42. The van der Waals surface area contributed by atoms with Gasteiger partial charge in [-0.3, -0.25) is 0 Å². The van der Waals surface area contributed by atoms with E-state index < -0.39 is 0 Å². The van der Waals surface area contributed by atoms with Crippen LogP contribution in [-0.4, -0.2) is 18.1 Å². The second-order valence-electron chi connectivity index (χ2n) is 4.01. The molecule has 0 amide bonds. The standard InChI is InChI=1S/C14H13BrN2O2/c1-9-3-4-11(15)8-12(9)17-13-7-10(5-6-16-13)14(18)19-2/h3-8H,1-2H3,(H,16,17). The number of pyridine rings is 1. The molecule has 5 heteroatoms. The zero-order chi connectivity index (χ0) is 13.8. The molecule has 1 heterocycles. The van der Waals surface area contributed by atoms with Gasteiger partial charge in [-0.25, -0.2) is 9.78 Å². The van der Waals surface area contributed by atoms with Crippen LogP contribution in [-0.2, 0) is 4.74 Å². The lowest BCUT2D eigenvalue weighted by molar-refractivity contribution is 0.0600. The maximum Gasteiger partial charge on any atom is 0.338 e. The van der Waals surface area contributed by atoms with E-state index in [1.807, 2.05) is 25.1 Å². The maximum absolute atomic E-state index is 11.5. The first-order valence-corrected chi connectivity index (χ1v) is 6.47. The number of ether oxygens (including phenoxy) is 1. The number of carbonyl (C=O) groups excluding carboxylic acids is 1. The van der Waals surface area contributed by atoms with Crippen molar-refractivity contribution in [1.82, 2.24) is 4.98 Å². The highest BCUT2D eigenvalue weighted by Crippen LogP contribution is 2.23. The topological polar surface area (TPSA) is 51.2 Å². The van der Waals surface area contributed by atoms with Gasteiger partial charge in [-0.15, -0.1) is 0 Å². The quantitative estimate of drug-likeness (QED) is 0.876. The maximum atomic E-state index is 11.5. The summed E-state index contributed by atoms with van der Waals surface area (Å²) in [6, 6.07) is 9.20. The number of methoxy groups -OCH3 is 1. The number of hydrogen-bond donors (Lipinski definition) is 1. The van der Waals surface area contributed by atoms with E-state index in [1.54, 1.807) is 18.3 Å². The minimum absolute atomic E-state index is 0.378. The number of carbonyl (C=O) groups is 1. The van der Waals surface area contributed by atoms with Crippen LogP contribution in [0.1, 0.15) is 15.9 Å². The summed E-state index contributed by atoms with van der Waals surface area (Å²) in [5, 5.41) is 3.18. The van der Waals surface area contributed by atoms with Crippen molar-refractivity contribution in [1.29, 1.82) is 0 Å². The fourth-order valence-electron chi connectivity index (χ4n) is 1.61. The summed E-state index contributed by atoms with van der Waals surface area (Å²) in [4.78, 5) is 15.6. The second kappa shape index (κ2) is 5.84. The largest absolute Gasteiger partial charge is 0.465 e. The number of rotatable bonds is 3. The van der Waals surface area contributed by atoms with Gasteiger partial charge in [0, 0.05) is 16.4 Å². The van der Waals surface area contributed by atoms with Gasteiger partial charge in [0.15, 0.2) is 0 Å². The lowest BCUT2D eigenvalue weighted by atomic mass is 10.2. The van der Waals surface area contributed by atoms with E-state index in [-0.39, 0.29) is 5.97 Å². The van der Waals surface area contributed by atoms with Gasteiger partial charge in [0.2, 0.25) is 0 Å². The Kier molecular flexibility index (Phi) is 4.16. The molecule has 0 saturated heterocycles. The number of benzene rings is 1. The fraction of sp³-hybridized carbons (Fsp3) is 0.143. The average molecular weight is 321 g/mol. The minimum Gasteiger partial charge on any atom is -0.465 e. The van der Waals surface area contributed by atoms with Gasteiger partial charge in [0.25, 0.3) is 0 Å². The van der Waals surface area contributed by atoms with Crippen LogP contribution >= 0.6 is 15.9 Å². The molecule has 0 aliphatic heterocycles. The van der Waals surface area contributed by atoms with Crippen LogP contribution < -0.4 is 5.32 Å². The van der Waals surface area contributed by atoms with E-state index >= 15 is 0 Å². The Bertz CT molecular complexity index is 614. The number of nitrogens with one attached hydrogen (secondary N) is 1. The van der Waals surface area contributed by atoms with Gasteiger partial charge in [0.1, 0.15) is 5.82 Å². The lowest BCUT2D eigenvalue weighted by Crippen LogP contribution is -2.03. The number of esters is 1. The molecule has 0 aliphatic carbocycles. The van der Waals surface area contributed by atoms with Crippen LogP contribution in [0.4, 0.5) is 11.5 Å². The molecule has 1 aromatic heterocycles. The zero-order valence-electron chi connectivity index (χ0n) is 10.6. The molecule has 0 bridgehead atoms. The van der Waals surface area contributed by atoms with Crippen LogP contribution in [0, 0.1) is 6.92 Å². The molecule has 4 nitrogen and oxygen atoms in total. The first kappa shape index (κ1) is 13.5. The Balaban J connectivity index is 2.28. The molecule has 2 rings (SSSR count). The predicted octanol–water partition coefficient (Wildman–Crippen LogP) is 3.68. The van der Waals surface area contributed by atoms with Crippen molar-refractivity contribution in [2.24, 2.45) is 0 Å². The summed E-state index contributed by atoms with van der Waals surface area (Å²) in [5.41, 5.74) is 2.49. The monoisotopic (exact) mass is 320 g/mol. The van der Waals surface area contributed by atoms with Gasteiger partial charge in [-0.2, -0.15) is 0 Å². The molecule has 0 aliphatic rings. The van der Waals surface area contributed by atoms with Crippen molar-refractivity contribution in [3.05, 3.63) is 52.1 Å². The molecule has 1 N–H and O–H groups in total. The van der Waals surface area contributed by atoms with E-state index in [0.29, 0.717) is 11.4 Å². The van der Waals surface area contributed by atoms with Crippen LogP contribution in [0.2, 0.25) is 0 Å². The highest BCUT2D eigenvalue weighted by Gasteiger charge is 2.07. The molecule has 0 spiro atoms. The number of hydrogen-bond acceptors (Lipinski definition) is 4. The second-order valence-corrected chi connectivity index (χ2v) is 4.92. The highest BCUT2D eigenvalue weighted by molar-refractivity contribution is 9.10. The third-order valence-corrected chi connectivity index (χ3v) is 3.14. The number of aryl methyl sites for hydroxylation is 1. The number of nitrogens with zero attached hydrogens (tertiary/aromatic N) is 1. The number of anilines is 2. The van der Waals surface area contributed by atoms with Gasteiger partial charge in [-0.1, -0.05) is 22.0 Å². The summed E-state index contributed by atoms with van der Waals surface area (Å²) in [6.07, 6.45) is 1.57. The zero-order valence-corrected chi connectivity index (χ0v) is 12.2. The lowest BCUT2D eigenvalue weighted by Gasteiger charge is -2.10. The number of aromatic nitrogens is 1. The van der Waals surface area contributed by atoms with Crippen molar-refractivity contribution in [2.75, 3.05) is 12.4 Å². The Morgan fingerprint density at radius 1 is 1.32 bits per heavy atom. The predicted molar refractivity (Wildman–Crippen MR) is 77.7 cm³/mol. The van der Waals surface area contributed by atoms with Crippen LogP contribution in [0.25, 0.3) is 0 Å². The first-order chi connectivity index (χ1) is 9.10. The van der Waals surface area contributed by atoms with Crippen LogP contribution in [0.5, 0.6) is 0 Å². The van der Waals surface area contributed by atoms with E-state index in [2.05, 4.69) is 31.0 Å². The minimum atomic E-state index is -0.378. The highest BCUT2D eigenvalue weighted by atomic mass is 79.9. The fourth-order valence-corrected chi connectivity index (χ4v) is 1.97. The van der Waals surface area contributed by atoms with Crippen LogP contribution in [0.15, 0.2) is 41.0 Å². The molecule has 1 aromatic carbocycles. The summed E-state index contributed by atoms with van der Waals surface area (Å²) in [5.74, 6) is 0.223. The van der Waals surface area contributed by atoms with Crippen molar-refractivity contribution in [3.8, 4) is 0 Å². The molecule has 2 aromatic rings. The normalized spacial score (nSPS) is 10.1. The molecule has 19 heavy (non-hydrogen) atoms. The molecular weight excluding hydrogens is 308 g/mol. The van der Waals surface area contributed by atoms with Crippen molar-refractivity contribution >= 4 is 33.4 Å². The smallest absolute Gasteiger partial charge is 0.338 e. The van der Waals surface area contributed by atoms with Gasteiger partial charge < -0.3 is 10.1 Å². The molecule has 98 valence electrons. The Morgan fingerprint density at radius 2 is 2.11 bits per heavy atom. The molecular formula is C14H13BrN2O2. The van der Waals surface area contributed by atoms with E-state index in [1.165, 1.54) is 7.11 Å².